The molecule has 0 spiro atoms. The van der Waals surface area contributed by atoms with E-state index in [0.29, 0.717) is 0 Å². The van der Waals surface area contributed by atoms with Gasteiger partial charge in [0.2, 0.25) is 0 Å². The SMILES string of the molecule is CCCCCCCCCCCCCCCC(=O)[O-].CCCCCCCCCCCCCCCCCC(=O)[O-].[Ca+2]. The Balaban J connectivity index is -0.000000651. The van der Waals surface area contributed by atoms with E-state index in [0.717, 1.165) is 25.7 Å². The molecule has 0 saturated heterocycles. The zero-order valence-electron chi connectivity index (χ0n) is 26.6. The number of hydrogen-bond acceptors (Lipinski definition) is 4. The largest absolute Gasteiger partial charge is 2.00 e. The van der Waals surface area contributed by atoms with Gasteiger partial charge in [0.05, 0.1) is 0 Å². The minimum atomic E-state index is -0.905. The Bertz CT molecular complexity index is 470. The Hall–Kier alpha value is 0.200. The van der Waals surface area contributed by atoms with Gasteiger partial charge in [0.15, 0.2) is 0 Å². The molecule has 0 aromatic rings. The predicted octanol–water partition coefficient (Wildman–Crippen LogP) is 8.83. The fourth-order valence-corrected chi connectivity index (χ4v) is 4.93. The van der Waals surface area contributed by atoms with Crippen LogP contribution in [0.25, 0.3) is 0 Å². The Kier molecular flexibility index (Phi) is 45.2. The van der Waals surface area contributed by atoms with Crippen LogP contribution in [0.3, 0.4) is 0 Å². The Labute approximate surface area is 274 Å². The van der Waals surface area contributed by atoms with Crippen LogP contribution >= 0.6 is 0 Å². The fraction of sp³-hybridized carbons (Fsp3) is 0.941. The molecule has 0 radical (unpaired) electrons. The standard InChI is InChI=1S/C18H36O2.C16H32O2.Ca/c1-2-3-4-5-6-7-8-9-10-11-12-13-14-15-16-17-18(19)20;1-2-3-4-5-6-7-8-9-10-11-12-13-14-15-16(17)18;/h2-17H2,1H3,(H,19,20);2-15H2,1H3,(H,17,18);/q;;+2/p-2. The van der Waals surface area contributed by atoms with E-state index in [2.05, 4.69) is 13.8 Å². The molecule has 0 aromatic heterocycles. The fourth-order valence-electron chi connectivity index (χ4n) is 4.93. The maximum Gasteiger partial charge on any atom is 2.00 e. The van der Waals surface area contributed by atoms with Crippen LogP contribution in [0.5, 0.6) is 0 Å². The van der Waals surface area contributed by atoms with E-state index in [9.17, 15) is 19.8 Å². The van der Waals surface area contributed by atoms with E-state index in [1.165, 1.54) is 154 Å². The topological polar surface area (TPSA) is 80.3 Å². The first-order valence-corrected chi connectivity index (χ1v) is 16.9. The van der Waals surface area contributed by atoms with Gasteiger partial charge in [0.25, 0.3) is 0 Å². The quantitative estimate of drug-likeness (QED) is 0.0630. The molecule has 5 heteroatoms. The first-order chi connectivity index (χ1) is 18.5. The molecule has 0 aliphatic rings. The van der Waals surface area contributed by atoms with E-state index in [1.54, 1.807) is 0 Å². The Morgan fingerprint density at radius 1 is 0.333 bits per heavy atom. The van der Waals surface area contributed by atoms with Crippen LogP contribution in [0.1, 0.15) is 206 Å². The van der Waals surface area contributed by atoms with E-state index >= 15 is 0 Å². The van der Waals surface area contributed by atoms with Crippen molar-refractivity contribution in [2.45, 2.75) is 206 Å². The second-order valence-electron chi connectivity index (χ2n) is 11.4. The Morgan fingerprint density at radius 3 is 0.641 bits per heavy atom. The van der Waals surface area contributed by atoms with Crippen LogP contribution in [-0.4, -0.2) is 49.7 Å². The third-order valence-corrected chi connectivity index (χ3v) is 7.47. The van der Waals surface area contributed by atoms with Crippen LogP contribution in [0.4, 0.5) is 0 Å². The number of carboxylic acids is 2. The molecule has 228 valence electrons. The van der Waals surface area contributed by atoms with E-state index in [4.69, 9.17) is 0 Å². The summed E-state index contributed by atoms with van der Waals surface area (Å²) >= 11 is 0. The maximum absolute atomic E-state index is 10.2. The molecule has 0 saturated carbocycles. The molecule has 0 aliphatic carbocycles. The average molecular weight is 579 g/mol. The minimum Gasteiger partial charge on any atom is -0.550 e. The molecule has 39 heavy (non-hydrogen) atoms. The molecular formula is C34H66CaO4. The van der Waals surface area contributed by atoms with E-state index < -0.39 is 11.9 Å². The molecule has 0 amide bonds. The molecule has 0 bridgehead atoms. The zero-order valence-corrected chi connectivity index (χ0v) is 28.8. The van der Waals surface area contributed by atoms with Gasteiger partial charge in [0, 0.05) is 11.9 Å². The normalized spacial score (nSPS) is 10.5. The summed E-state index contributed by atoms with van der Waals surface area (Å²) in [5.41, 5.74) is 0. The molecule has 0 aromatic carbocycles. The van der Waals surface area contributed by atoms with Crippen LogP contribution in [0.2, 0.25) is 0 Å². The van der Waals surface area contributed by atoms with Gasteiger partial charge in [-0.15, -0.1) is 0 Å². The van der Waals surface area contributed by atoms with Crippen molar-refractivity contribution >= 4 is 49.7 Å². The number of carbonyl (C=O) groups is 2. The summed E-state index contributed by atoms with van der Waals surface area (Å²) in [5, 5.41) is 20.4. The number of unbranched alkanes of at least 4 members (excludes halogenated alkanes) is 26. The van der Waals surface area contributed by atoms with Gasteiger partial charge in [-0.3, -0.25) is 0 Å². The summed E-state index contributed by atoms with van der Waals surface area (Å²) in [4.78, 5) is 20.4. The van der Waals surface area contributed by atoms with Gasteiger partial charge in [-0.05, 0) is 25.7 Å². The molecular weight excluding hydrogens is 512 g/mol. The summed E-state index contributed by atoms with van der Waals surface area (Å²) in [6.45, 7) is 4.52. The third kappa shape index (κ3) is 48.3. The molecule has 0 heterocycles. The number of hydrogen-bond donors (Lipinski definition) is 0. The van der Waals surface area contributed by atoms with Gasteiger partial charge in [0.1, 0.15) is 0 Å². The number of carboxylic acid groups (broad SMARTS) is 2. The zero-order chi connectivity index (χ0) is 28.4. The van der Waals surface area contributed by atoms with E-state index in [1.807, 2.05) is 0 Å². The average Bonchev–Trinajstić information content (AvgIpc) is 2.89. The summed E-state index contributed by atoms with van der Waals surface area (Å²) in [5.74, 6) is -1.81. The van der Waals surface area contributed by atoms with Crippen molar-refractivity contribution in [3.63, 3.8) is 0 Å². The molecule has 0 fully saturated rings. The second kappa shape index (κ2) is 40.3. The van der Waals surface area contributed by atoms with Gasteiger partial charge in [-0.1, -0.05) is 181 Å². The van der Waals surface area contributed by atoms with Gasteiger partial charge in [-0.25, -0.2) is 0 Å². The summed E-state index contributed by atoms with van der Waals surface area (Å²) in [6.07, 6.45) is 36.8. The van der Waals surface area contributed by atoms with Crippen LogP contribution < -0.4 is 10.2 Å². The van der Waals surface area contributed by atoms with Crippen molar-refractivity contribution in [3.05, 3.63) is 0 Å². The first-order valence-electron chi connectivity index (χ1n) is 16.9. The van der Waals surface area contributed by atoms with Crippen LogP contribution in [0, 0.1) is 0 Å². The molecule has 0 N–H and O–H groups in total. The molecule has 0 atom stereocenters. The van der Waals surface area contributed by atoms with Gasteiger partial charge in [-0.2, -0.15) is 0 Å². The van der Waals surface area contributed by atoms with Crippen molar-refractivity contribution in [2.75, 3.05) is 0 Å². The Morgan fingerprint density at radius 2 is 0.487 bits per heavy atom. The van der Waals surface area contributed by atoms with E-state index in [-0.39, 0.29) is 50.6 Å². The second-order valence-corrected chi connectivity index (χ2v) is 11.4. The van der Waals surface area contributed by atoms with Crippen LogP contribution in [0.15, 0.2) is 0 Å². The van der Waals surface area contributed by atoms with Crippen LogP contribution in [-0.2, 0) is 9.59 Å². The number of aliphatic carboxylic acids is 2. The number of rotatable bonds is 30. The third-order valence-electron chi connectivity index (χ3n) is 7.47. The smallest absolute Gasteiger partial charge is 0.550 e. The minimum absolute atomic E-state index is 0. The van der Waals surface area contributed by atoms with Crippen molar-refractivity contribution in [1.29, 1.82) is 0 Å². The monoisotopic (exact) mass is 578 g/mol. The summed E-state index contributed by atoms with van der Waals surface area (Å²) in [7, 11) is 0. The van der Waals surface area contributed by atoms with Crippen molar-refractivity contribution in [2.24, 2.45) is 0 Å². The summed E-state index contributed by atoms with van der Waals surface area (Å²) in [6, 6.07) is 0. The molecule has 0 aliphatic heterocycles. The maximum atomic E-state index is 10.2. The van der Waals surface area contributed by atoms with Gasteiger partial charge < -0.3 is 19.8 Å². The first kappa shape index (κ1) is 43.7. The van der Waals surface area contributed by atoms with Crippen molar-refractivity contribution in [3.8, 4) is 0 Å². The van der Waals surface area contributed by atoms with Crippen molar-refractivity contribution in [1.82, 2.24) is 0 Å². The molecule has 0 rings (SSSR count). The predicted molar refractivity (Wildman–Crippen MR) is 166 cm³/mol. The van der Waals surface area contributed by atoms with Gasteiger partial charge >= 0.3 is 37.7 Å². The molecule has 0 unspecified atom stereocenters. The number of carbonyl (C=O) groups excluding carboxylic acids is 2. The summed E-state index contributed by atoms with van der Waals surface area (Å²) < 4.78 is 0. The molecule has 4 nitrogen and oxygen atoms in total. The van der Waals surface area contributed by atoms with Crippen molar-refractivity contribution < 1.29 is 19.8 Å².